The van der Waals surface area contributed by atoms with Crippen molar-refractivity contribution < 1.29 is 18.4 Å². The van der Waals surface area contributed by atoms with E-state index in [1.165, 1.54) is 48.2 Å². The third-order valence-corrected chi connectivity index (χ3v) is 5.13. The second kappa shape index (κ2) is 6.85. The molecule has 3 aromatic carbocycles. The van der Waals surface area contributed by atoms with Gasteiger partial charge in [0.1, 0.15) is 11.6 Å². The van der Waals surface area contributed by atoms with Gasteiger partial charge in [0.25, 0.3) is 11.8 Å². The summed E-state index contributed by atoms with van der Waals surface area (Å²) in [5.41, 5.74) is 1.32. The van der Waals surface area contributed by atoms with Crippen molar-refractivity contribution in [1.82, 2.24) is 0 Å². The van der Waals surface area contributed by atoms with Gasteiger partial charge in [0.15, 0.2) is 0 Å². The Labute approximate surface area is 157 Å². The molecule has 0 saturated carbocycles. The van der Waals surface area contributed by atoms with Gasteiger partial charge in [-0.25, -0.2) is 8.78 Å². The normalized spacial score (nSPS) is 12.4. The zero-order valence-corrected chi connectivity index (χ0v) is 14.6. The Morgan fingerprint density at radius 3 is 2.52 bits per heavy atom. The number of hydrogen-bond donors (Lipinski definition) is 2. The molecule has 7 heteroatoms. The topological polar surface area (TPSA) is 58.2 Å². The van der Waals surface area contributed by atoms with Crippen molar-refractivity contribution >= 4 is 35.0 Å². The minimum Gasteiger partial charge on any atom is -0.322 e. The highest BCUT2D eigenvalue weighted by molar-refractivity contribution is 7.99. The molecule has 4 rings (SSSR count). The second-order valence-electron chi connectivity index (χ2n) is 5.87. The predicted molar refractivity (Wildman–Crippen MR) is 99.3 cm³/mol. The number of rotatable bonds is 2. The number of carbonyl (C=O) groups excluding carboxylic acids is 2. The van der Waals surface area contributed by atoms with Crippen LogP contribution in [0.25, 0.3) is 0 Å². The summed E-state index contributed by atoms with van der Waals surface area (Å²) in [4.78, 5) is 26.2. The number of amides is 2. The molecule has 1 aliphatic rings. The third kappa shape index (κ3) is 3.54. The molecule has 1 aliphatic heterocycles. The minimum absolute atomic E-state index is 0.238. The van der Waals surface area contributed by atoms with Crippen molar-refractivity contribution in [3.8, 4) is 0 Å². The first kappa shape index (κ1) is 17.2. The van der Waals surface area contributed by atoms with Gasteiger partial charge in [0.2, 0.25) is 0 Å². The van der Waals surface area contributed by atoms with Gasteiger partial charge >= 0.3 is 0 Å². The molecule has 134 valence electrons. The molecule has 0 atom stereocenters. The molecule has 0 fully saturated rings. The fourth-order valence-electron chi connectivity index (χ4n) is 2.70. The lowest BCUT2D eigenvalue weighted by Gasteiger charge is -2.10. The Bertz CT molecular complexity index is 1090. The summed E-state index contributed by atoms with van der Waals surface area (Å²) >= 11 is 1.31. The zero-order valence-electron chi connectivity index (χ0n) is 13.8. The zero-order chi connectivity index (χ0) is 19.0. The van der Waals surface area contributed by atoms with E-state index in [1.54, 1.807) is 24.3 Å². The van der Waals surface area contributed by atoms with Crippen LogP contribution < -0.4 is 10.6 Å². The van der Waals surface area contributed by atoms with E-state index >= 15 is 0 Å². The maximum absolute atomic E-state index is 13.5. The van der Waals surface area contributed by atoms with E-state index in [4.69, 9.17) is 0 Å². The van der Waals surface area contributed by atoms with E-state index in [2.05, 4.69) is 10.6 Å². The van der Waals surface area contributed by atoms with Gasteiger partial charge in [-0.2, -0.15) is 0 Å². The molecule has 0 saturated heterocycles. The molecular weight excluding hydrogens is 370 g/mol. The van der Waals surface area contributed by atoms with Crippen molar-refractivity contribution in [2.24, 2.45) is 0 Å². The number of fused-ring (bicyclic) bond motifs is 2. The first-order valence-corrected chi connectivity index (χ1v) is 8.81. The monoisotopic (exact) mass is 382 g/mol. The van der Waals surface area contributed by atoms with Crippen LogP contribution in [0.15, 0.2) is 70.5 Å². The van der Waals surface area contributed by atoms with Gasteiger partial charge in [0.05, 0.1) is 11.3 Å². The minimum atomic E-state index is -0.495. The SMILES string of the molecule is O=C(Nc1cccc(F)c1)c1ccc2c(c1)NC(=O)c1cc(F)ccc1S2. The van der Waals surface area contributed by atoms with Crippen LogP contribution in [0.1, 0.15) is 20.7 Å². The number of benzene rings is 3. The molecule has 0 unspecified atom stereocenters. The number of carbonyl (C=O) groups is 2. The fourth-order valence-corrected chi connectivity index (χ4v) is 3.69. The van der Waals surface area contributed by atoms with E-state index in [9.17, 15) is 18.4 Å². The van der Waals surface area contributed by atoms with Crippen molar-refractivity contribution in [3.05, 3.63) is 83.4 Å². The van der Waals surface area contributed by atoms with Gasteiger partial charge in [-0.3, -0.25) is 9.59 Å². The van der Waals surface area contributed by atoms with Crippen molar-refractivity contribution in [2.75, 3.05) is 10.6 Å². The number of halogens is 2. The van der Waals surface area contributed by atoms with E-state index in [1.807, 2.05) is 0 Å². The number of anilines is 2. The standard InChI is InChI=1S/C20H12F2N2O2S/c21-12-2-1-3-14(9-12)23-19(25)11-4-6-18-16(8-11)24-20(26)15-10-13(22)5-7-17(15)27-18/h1-10H,(H,23,25)(H,24,26). The van der Waals surface area contributed by atoms with Gasteiger partial charge in [0, 0.05) is 21.0 Å². The molecular formula is C20H12F2N2O2S. The van der Waals surface area contributed by atoms with Crippen LogP contribution in [0.2, 0.25) is 0 Å². The molecule has 27 heavy (non-hydrogen) atoms. The lowest BCUT2D eigenvalue weighted by Crippen LogP contribution is -2.14. The van der Waals surface area contributed by atoms with Crippen LogP contribution in [0.3, 0.4) is 0 Å². The Morgan fingerprint density at radius 1 is 0.926 bits per heavy atom. The van der Waals surface area contributed by atoms with Crippen LogP contribution in [-0.4, -0.2) is 11.8 Å². The van der Waals surface area contributed by atoms with E-state index < -0.39 is 23.4 Å². The Morgan fingerprint density at radius 2 is 1.70 bits per heavy atom. The highest BCUT2D eigenvalue weighted by Gasteiger charge is 2.21. The lowest BCUT2D eigenvalue weighted by atomic mass is 10.1. The molecule has 0 aliphatic carbocycles. The Kier molecular flexibility index (Phi) is 4.37. The Balaban J connectivity index is 1.63. The molecule has 0 radical (unpaired) electrons. The summed E-state index contributed by atoms with van der Waals surface area (Å²) in [5, 5.41) is 5.32. The van der Waals surface area contributed by atoms with Crippen molar-refractivity contribution in [3.63, 3.8) is 0 Å². The highest BCUT2D eigenvalue weighted by Crippen LogP contribution is 2.39. The molecule has 0 aromatic heterocycles. The lowest BCUT2D eigenvalue weighted by molar-refractivity contribution is 0.101. The number of hydrogen-bond acceptors (Lipinski definition) is 3. The van der Waals surface area contributed by atoms with Crippen molar-refractivity contribution in [2.45, 2.75) is 9.79 Å². The molecule has 3 aromatic rings. The third-order valence-electron chi connectivity index (χ3n) is 3.98. The second-order valence-corrected chi connectivity index (χ2v) is 6.96. The summed E-state index contributed by atoms with van der Waals surface area (Å²) < 4.78 is 26.7. The molecule has 2 amide bonds. The summed E-state index contributed by atoms with van der Waals surface area (Å²) in [5.74, 6) is -1.83. The quantitative estimate of drug-likeness (QED) is 0.660. The van der Waals surface area contributed by atoms with Crippen molar-refractivity contribution in [1.29, 1.82) is 0 Å². The summed E-state index contributed by atoms with van der Waals surface area (Å²) in [6.45, 7) is 0. The number of nitrogens with one attached hydrogen (secondary N) is 2. The maximum Gasteiger partial charge on any atom is 0.256 e. The van der Waals surface area contributed by atoms with E-state index in [0.29, 0.717) is 21.8 Å². The first-order valence-electron chi connectivity index (χ1n) is 7.99. The Hall–Kier alpha value is -3.19. The fraction of sp³-hybridized carbons (Fsp3) is 0. The molecule has 2 N–H and O–H groups in total. The van der Waals surface area contributed by atoms with Gasteiger partial charge in [-0.05, 0) is 54.6 Å². The average molecular weight is 382 g/mol. The van der Waals surface area contributed by atoms with E-state index in [-0.39, 0.29) is 5.56 Å². The summed E-state index contributed by atoms with van der Waals surface area (Å²) in [7, 11) is 0. The van der Waals surface area contributed by atoms with Gasteiger partial charge in [-0.1, -0.05) is 17.8 Å². The van der Waals surface area contributed by atoms with Crippen LogP contribution in [0, 0.1) is 11.6 Å². The molecule has 0 bridgehead atoms. The van der Waals surface area contributed by atoms with Gasteiger partial charge in [-0.15, -0.1) is 0 Å². The van der Waals surface area contributed by atoms with Crippen LogP contribution >= 0.6 is 11.8 Å². The molecule has 0 spiro atoms. The largest absolute Gasteiger partial charge is 0.322 e. The summed E-state index contributed by atoms with van der Waals surface area (Å²) in [6.07, 6.45) is 0. The molecule has 4 nitrogen and oxygen atoms in total. The maximum atomic E-state index is 13.5. The van der Waals surface area contributed by atoms with Crippen LogP contribution in [0.4, 0.5) is 20.2 Å². The van der Waals surface area contributed by atoms with E-state index in [0.717, 1.165) is 4.90 Å². The highest BCUT2D eigenvalue weighted by atomic mass is 32.2. The summed E-state index contributed by atoms with van der Waals surface area (Å²) in [6, 6.07) is 14.5. The first-order chi connectivity index (χ1) is 13.0. The average Bonchev–Trinajstić information content (AvgIpc) is 2.77. The van der Waals surface area contributed by atoms with Crippen LogP contribution in [-0.2, 0) is 0 Å². The smallest absolute Gasteiger partial charge is 0.256 e. The molecule has 1 heterocycles. The van der Waals surface area contributed by atoms with Gasteiger partial charge < -0.3 is 10.6 Å². The van der Waals surface area contributed by atoms with Crippen LogP contribution in [0.5, 0.6) is 0 Å². The predicted octanol–water partition coefficient (Wildman–Crippen LogP) is 4.93.